The molecule has 0 radical (unpaired) electrons. The minimum Gasteiger partial charge on any atom is -0.487 e. The fraction of sp³-hybridized carbons (Fsp3) is 0.689. The number of benzene rings is 1. The molecule has 0 aromatic heterocycles. The number of carboxylic acids is 1. The zero-order valence-electron chi connectivity index (χ0n) is 56.7. The second-order valence-electron chi connectivity index (χ2n) is 21.8. The molecule has 556 valence electrons. The molecule has 38 heteroatoms. The van der Waals surface area contributed by atoms with Crippen LogP contribution in [-0.2, 0) is 143 Å². The minimum atomic E-state index is -1.41. The quantitative estimate of drug-likeness (QED) is 0.0333. The molecule has 38 nitrogen and oxygen atoms in total. The van der Waals surface area contributed by atoms with E-state index in [-0.39, 0.29) is 102 Å². The largest absolute Gasteiger partial charge is 0.487 e. The van der Waals surface area contributed by atoms with E-state index in [1.807, 2.05) is 0 Å². The number of carbonyl (C=O) groups excluding carboxylic acids is 12. The molecule has 15 atom stereocenters. The highest BCUT2D eigenvalue weighted by Gasteiger charge is 2.54. The molecule has 3 fully saturated rings. The first-order chi connectivity index (χ1) is 46.8. The molecular formula is C61H87N3O35. The summed E-state index contributed by atoms with van der Waals surface area (Å²) in [6, 6.07) is -1.50. The van der Waals surface area contributed by atoms with Crippen molar-refractivity contribution in [3.8, 4) is 17.2 Å². The highest BCUT2D eigenvalue weighted by Crippen LogP contribution is 2.40. The van der Waals surface area contributed by atoms with Gasteiger partial charge in [0.25, 0.3) is 0 Å². The number of carbonyl (C=O) groups is 13. The first kappa shape index (κ1) is 82.8. The third-order valence-electron chi connectivity index (χ3n) is 13.5. The van der Waals surface area contributed by atoms with Gasteiger partial charge in [-0.25, -0.2) is 4.79 Å². The number of hydrogen-bond donors (Lipinski definition) is 4. The zero-order valence-corrected chi connectivity index (χ0v) is 56.7. The summed E-state index contributed by atoms with van der Waals surface area (Å²) in [6.45, 7) is 9.28. The molecular weight excluding hydrogens is 1330 g/mol. The highest BCUT2D eigenvalue weighted by atomic mass is 16.7. The normalized spacial score (nSPS) is 24.7. The van der Waals surface area contributed by atoms with Crippen molar-refractivity contribution in [1.29, 1.82) is 0 Å². The van der Waals surface area contributed by atoms with Crippen LogP contribution in [0.1, 0.15) is 93.4 Å². The van der Waals surface area contributed by atoms with Gasteiger partial charge in [0.15, 0.2) is 67.0 Å². The smallest absolute Gasteiger partial charge is 0.335 e. The third kappa shape index (κ3) is 29.4. The lowest BCUT2D eigenvalue weighted by atomic mass is 9.96. The predicted octanol–water partition coefficient (Wildman–Crippen LogP) is -1.41. The first-order valence-corrected chi connectivity index (χ1v) is 30.9. The number of nitrogens with one attached hydrogen (secondary N) is 3. The summed E-state index contributed by atoms with van der Waals surface area (Å²) in [5.74, 6) is -10.7. The van der Waals surface area contributed by atoms with E-state index in [0.29, 0.717) is 0 Å². The maximum Gasteiger partial charge on any atom is 0.335 e. The van der Waals surface area contributed by atoms with Gasteiger partial charge in [0, 0.05) is 83.1 Å². The van der Waals surface area contributed by atoms with Crippen LogP contribution in [0, 0.1) is 0 Å². The Hall–Kier alpha value is -8.63. The number of hydrogen-bond acceptors (Lipinski definition) is 34. The van der Waals surface area contributed by atoms with Crippen molar-refractivity contribution in [3.05, 3.63) is 17.7 Å². The Labute approximate surface area is 567 Å². The first-order valence-electron chi connectivity index (χ1n) is 30.9. The fourth-order valence-electron chi connectivity index (χ4n) is 9.96. The molecule has 0 saturated carbocycles. The van der Waals surface area contributed by atoms with Crippen LogP contribution in [0.3, 0.4) is 0 Å². The number of ether oxygens (including phenoxy) is 21. The lowest BCUT2D eigenvalue weighted by Gasteiger charge is -2.44. The standard InChI is InChI=1S/C61H87N3O35/c1-30(65)62-48-55(94-39(10)74)52(91-36(7)71)45(27-88-33(4)68)97-59(48)85-22-16-79-13-19-82-43-25-42(58(77)78)26-44(83-20-14-80-17-23-86-60-49(63-31(2)66)56(95-40(11)75)53(92-37(8)72)46(98-60)28-89-34(5)69)51(43)84-21-15-81-18-24-87-61-50(64-32(3)67)57(96-41(12)76)54(93-38(9)73)47(99-61)29-90-35(6)70/h25-26,45-50,52-57,59-61H,13-24,27-29H2,1-12H3,(H,62,65)(H,63,66)(H,64,67)(H,77,78)/t45-,46-,47-,48-,49-,50-,52+,53+,54+,55-,56-,57-,59-,60-,61-/m1/s1. The van der Waals surface area contributed by atoms with Gasteiger partial charge in [-0.15, -0.1) is 0 Å². The maximum atomic E-state index is 12.6. The van der Waals surface area contributed by atoms with Crippen LogP contribution in [0.2, 0.25) is 0 Å². The van der Waals surface area contributed by atoms with Crippen LogP contribution in [0.5, 0.6) is 17.2 Å². The van der Waals surface area contributed by atoms with Crippen molar-refractivity contribution < 1.29 is 167 Å². The SMILES string of the molecule is CC(=O)N[C@H]1[C@H](OCCOCCOc2cc(C(=O)O)cc(OCCOCCO[C@@H]3O[C@H](COC(C)=O)[C@H](OC(C)=O)[C@H](OC(C)=O)[C@H]3NC(C)=O)c2OCCOCCO[C@@H]2O[C@H](COC(C)=O)[C@H](OC(C)=O)[C@H](OC(C)=O)[C@H]2NC(C)=O)O[C@H](COC(C)=O)[C@H](OC(C)=O)[C@@H]1OC(C)=O. The Kier molecular flexibility index (Phi) is 35.4. The summed E-state index contributed by atoms with van der Waals surface area (Å²) in [6.07, 6.45) is -16.2. The van der Waals surface area contributed by atoms with Gasteiger partial charge in [0.05, 0.1) is 65.0 Å². The van der Waals surface area contributed by atoms with Gasteiger partial charge in [-0.05, 0) is 12.1 Å². The minimum absolute atomic E-state index is 0.134. The summed E-state index contributed by atoms with van der Waals surface area (Å²) in [7, 11) is 0. The summed E-state index contributed by atoms with van der Waals surface area (Å²) in [4.78, 5) is 159. The van der Waals surface area contributed by atoms with Crippen LogP contribution in [0.4, 0.5) is 0 Å². The van der Waals surface area contributed by atoms with Gasteiger partial charge in [-0.2, -0.15) is 0 Å². The molecule has 3 saturated heterocycles. The molecule has 1 aromatic carbocycles. The van der Waals surface area contributed by atoms with E-state index < -0.39 is 189 Å². The molecule has 1 aromatic rings. The average Bonchev–Trinajstić information content (AvgIpc) is 0.801. The average molecular weight is 1420 g/mol. The van der Waals surface area contributed by atoms with Gasteiger partial charge < -0.3 is 121 Å². The van der Waals surface area contributed by atoms with Crippen molar-refractivity contribution in [2.24, 2.45) is 0 Å². The summed E-state index contributed by atoms with van der Waals surface area (Å²) in [5.41, 5.74) is -0.329. The fourth-order valence-corrected chi connectivity index (χ4v) is 9.96. The van der Waals surface area contributed by atoms with E-state index in [2.05, 4.69) is 16.0 Å². The van der Waals surface area contributed by atoms with Crippen LogP contribution in [0.25, 0.3) is 0 Å². The van der Waals surface area contributed by atoms with Crippen LogP contribution < -0.4 is 30.2 Å². The van der Waals surface area contributed by atoms with Gasteiger partial charge in [0.2, 0.25) is 23.5 Å². The zero-order chi connectivity index (χ0) is 73.5. The Morgan fingerprint density at radius 1 is 0.343 bits per heavy atom. The Balaban J connectivity index is 1.52. The Morgan fingerprint density at radius 2 is 0.596 bits per heavy atom. The summed E-state index contributed by atoms with van der Waals surface area (Å²) < 4.78 is 120. The molecule has 4 N–H and O–H groups in total. The molecule has 4 rings (SSSR count). The molecule has 99 heavy (non-hydrogen) atoms. The molecule has 3 aliphatic rings. The van der Waals surface area contributed by atoms with Gasteiger partial charge >= 0.3 is 59.7 Å². The van der Waals surface area contributed by atoms with E-state index >= 15 is 0 Å². The van der Waals surface area contributed by atoms with Crippen LogP contribution in [-0.4, -0.2) is 274 Å². The number of carboxylic acid groups (broad SMARTS) is 1. The molecule has 0 aliphatic carbocycles. The Bertz CT molecular complexity index is 2780. The molecule has 3 amide bonds. The van der Waals surface area contributed by atoms with Gasteiger partial charge in [-0.1, -0.05) is 0 Å². The monoisotopic (exact) mass is 1420 g/mol. The number of rotatable bonds is 40. The second kappa shape index (κ2) is 42.4. The number of aromatic carboxylic acids is 1. The van der Waals surface area contributed by atoms with Gasteiger partial charge in [0.1, 0.15) is 76.1 Å². The molecule has 0 spiro atoms. The van der Waals surface area contributed by atoms with E-state index in [0.717, 1.165) is 74.4 Å². The second-order valence-corrected chi connectivity index (χ2v) is 21.8. The van der Waals surface area contributed by atoms with E-state index in [9.17, 15) is 67.4 Å². The molecule has 0 unspecified atom stereocenters. The van der Waals surface area contributed by atoms with Crippen molar-refractivity contribution in [1.82, 2.24) is 16.0 Å². The number of esters is 9. The van der Waals surface area contributed by atoms with E-state index in [1.165, 1.54) is 20.8 Å². The van der Waals surface area contributed by atoms with Crippen molar-refractivity contribution >= 4 is 77.4 Å². The van der Waals surface area contributed by atoms with Gasteiger partial charge in [-0.3, -0.25) is 57.5 Å². The maximum absolute atomic E-state index is 12.6. The van der Waals surface area contributed by atoms with Crippen LogP contribution >= 0.6 is 0 Å². The molecule has 3 heterocycles. The van der Waals surface area contributed by atoms with Crippen molar-refractivity contribution in [2.45, 2.75) is 175 Å². The summed E-state index contributed by atoms with van der Waals surface area (Å²) in [5, 5.41) is 18.0. The Morgan fingerprint density at radius 3 is 0.838 bits per heavy atom. The van der Waals surface area contributed by atoms with Crippen LogP contribution in [0.15, 0.2) is 12.1 Å². The highest BCUT2D eigenvalue weighted by molar-refractivity contribution is 5.89. The van der Waals surface area contributed by atoms with Crippen molar-refractivity contribution in [2.75, 3.05) is 99.1 Å². The lowest BCUT2D eigenvalue weighted by molar-refractivity contribution is -0.279. The van der Waals surface area contributed by atoms with Crippen molar-refractivity contribution in [3.63, 3.8) is 0 Å². The third-order valence-corrected chi connectivity index (χ3v) is 13.5. The van der Waals surface area contributed by atoms with E-state index in [1.54, 1.807) is 0 Å². The van der Waals surface area contributed by atoms with E-state index in [4.69, 9.17) is 99.5 Å². The lowest BCUT2D eigenvalue weighted by Crippen LogP contribution is -2.66. The topological polar surface area (TPSA) is 472 Å². The number of amides is 3. The molecule has 3 aliphatic heterocycles. The predicted molar refractivity (Wildman–Crippen MR) is 322 cm³/mol. The molecule has 0 bridgehead atoms. The summed E-state index contributed by atoms with van der Waals surface area (Å²) >= 11 is 0.